The van der Waals surface area contributed by atoms with Crippen LogP contribution in [0.3, 0.4) is 0 Å². The first-order valence-electron chi connectivity index (χ1n) is 16.0. The minimum Gasteiger partial charge on any atom is -0.387 e. The highest BCUT2D eigenvalue weighted by Gasteiger charge is 2.36. The Hall–Kier alpha value is -5.19. The van der Waals surface area contributed by atoms with E-state index in [1.54, 1.807) is 0 Å². The molecule has 0 saturated carbocycles. The highest BCUT2D eigenvalue weighted by Crippen LogP contribution is 2.54. The highest BCUT2D eigenvalue weighted by molar-refractivity contribution is 7.23. The lowest BCUT2D eigenvalue weighted by Crippen LogP contribution is -2.25. The standard InChI is InChI=1S/C42H33N3S/c1-42(2)34-16-6-5-13-31(34)41-39(33-25-43-24-22-35(33)42)32-15-9-14-30(40(32)46-41)28-20-21-29(27-12-4-3-11-26(27)28)36-18-10-19-38(45-36)37-17-7-8-23-44-37/h3-22,24,43-44H,23,25H2,1-2H3. The number of hydrogen-bond acceptors (Lipinski definition) is 4. The number of dihydropyridines is 2. The lowest BCUT2D eigenvalue weighted by Gasteiger charge is -2.31. The van der Waals surface area contributed by atoms with Crippen molar-refractivity contribution in [3.8, 4) is 32.8 Å². The number of rotatable bonds is 3. The molecule has 3 nitrogen and oxygen atoms in total. The van der Waals surface area contributed by atoms with Crippen molar-refractivity contribution in [1.29, 1.82) is 0 Å². The van der Waals surface area contributed by atoms with Crippen molar-refractivity contribution in [1.82, 2.24) is 15.6 Å². The van der Waals surface area contributed by atoms with Gasteiger partial charge in [-0.2, -0.15) is 0 Å². The molecule has 3 aliphatic rings. The molecule has 0 amide bonds. The van der Waals surface area contributed by atoms with Crippen molar-refractivity contribution in [3.63, 3.8) is 0 Å². The minimum absolute atomic E-state index is 0.0924. The maximum Gasteiger partial charge on any atom is 0.0868 e. The van der Waals surface area contributed by atoms with Gasteiger partial charge in [0, 0.05) is 50.2 Å². The van der Waals surface area contributed by atoms with Crippen LogP contribution in [-0.2, 0) is 5.41 Å². The largest absolute Gasteiger partial charge is 0.387 e. The van der Waals surface area contributed by atoms with Gasteiger partial charge in [0.1, 0.15) is 0 Å². The molecule has 6 aromatic rings. The van der Waals surface area contributed by atoms with E-state index >= 15 is 0 Å². The van der Waals surface area contributed by atoms with Crippen LogP contribution >= 0.6 is 11.3 Å². The number of benzene rings is 4. The summed E-state index contributed by atoms with van der Waals surface area (Å²) in [7, 11) is 0. The van der Waals surface area contributed by atoms with Gasteiger partial charge in [-0.25, -0.2) is 4.98 Å². The fraction of sp³-hybridized carbons (Fsp3) is 0.119. The quantitative estimate of drug-likeness (QED) is 0.209. The molecule has 46 heavy (non-hydrogen) atoms. The van der Waals surface area contributed by atoms with Crippen LogP contribution in [0.5, 0.6) is 0 Å². The number of nitrogens with zero attached hydrogens (tertiary/aromatic N) is 1. The second kappa shape index (κ2) is 10.4. The van der Waals surface area contributed by atoms with Gasteiger partial charge in [-0.15, -0.1) is 11.3 Å². The summed E-state index contributed by atoms with van der Waals surface area (Å²) < 4.78 is 1.34. The molecular formula is C42H33N3S. The van der Waals surface area contributed by atoms with Gasteiger partial charge < -0.3 is 10.6 Å². The average molecular weight is 612 g/mol. The van der Waals surface area contributed by atoms with E-state index in [0.29, 0.717) is 0 Å². The van der Waals surface area contributed by atoms with Crippen molar-refractivity contribution in [2.45, 2.75) is 19.3 Å². The molecule has 9 rings (SSSR count). The molecule has 0 atom stereocenters. The Morgan fingerprint density at radius 3 is 2.33 bits per heavy atom. The van der Waals surface area contributed by atoms with Crippen LogP contribution in [0.1, 0.15) is 30.7 Å². The Morgan fingerprint density at radius 1 is 0.717 bits per heavy atom. The van der Waals surface area contributed by atoms with Gasteiger partial charge in [0.05, 0.1) is 17.1 Å². The van der Waals surface area contributed by atoms with Gasteiger partial charge in [0.2, 0.25) is 0 Å². The van der Waals surface area contributed by atoms with Crippen LogP contribution in [0.25, 0.3) is 65.0 Å². The van der Waals surface area contributed by atoms with Crippen molar-refractivity contribution in [2.75, 3.05) is 13.1 Å². The second-order valence-corrected chi connectivity index (χ2v) is 13.8. The highest BCUT2D eigenvalue weighted by atomic mass is 32.1. The Morgan fingerprint density at radius 2 is 1.46 bits per heavy atom. The summed E-state index contributed by atoms with van der Waals surface area (Å²) in [5.41, 5.74) is 13.5. The van der Waals surface area contributed by atoms with Crippen LogP contribution in [0.2, 0.25) is 0 Å². The first-order valence-corrected chi connectivity index (χ1v) is 16.8. The number of aromatic nitrogens is 1. The molecule has 2 N–H and O–H groups in total. The number of hydrogen-bond donors (Lipinski definition) is 2. The summed E-state index contributed by atoms with van der Waals surface area (Å²) in [5, 5.41) is 10.8. The molecule has 0 bridgehead atoms. The molecule has 0 radical (unpaired) electrons. The van der Waals surface area contributed by atoms with Crippen LogP contribution in [-0.4, -0.2) is 18.1 Å². The summed E-state index contributed by atoms with van der Waals surface area (Å²) in [6.45, 7) is 6.40. The number of thiophene rings is 1. The Balaban J connectivity index is 1.26. The van der Waals surface area contributed by atoms with E-state index in [0.717, 1.165) is 35.7 Å². The smallest absolute Gasteiger partial charge is 0.0868 e. The number of allylic oxidation sites excluding steroid dienone is 4. The summed E-state index contributed by atoms with van der Waals surface area (Å²) in [5.74, 6) is 0. The number of nitrogens with one attached hydrogen (secondary N) is 2. The molecular weight excluding hydrogens is 579 g/mol. The van der Waals surface area contributed by atoms with Gasteiger partial charge in [0.15, 0.2) is 0 Å². The van der Waals surface area contributed by atoms with Gasteiger partial charge in [-0.1, -0.05) is 111 Å². The van der Waals surface area contributed by atoms with E-state index in [2.05, 4.69) is 152 Å². The SMILES string of the molecule is CC1(C)C2=C(CNC=C2)c2c(sc3c(-c4ccc(-c5cccc(C6=CC=CCN6)n5)c5ccccc45)cccc23)-c2ccccc21. The maximum absolute atomic E-state index is 5.11. The molecule has 222 valence electrons. The molecule has 4 heterocycles. The van der Waals surface area contributed by atoms with Crippen LogP contribution in [0.4, 0.5) is 0 Å². The lowest BCUT2D eigenvalue weighted by molar-refractivity contribution is 0.638. The monoisotopic (exact) mass is 611 g/mol. The summed E-state index contributed by atoms with van der Waals surface area (Å²) >= 11 is 1.94. The predicted molar refractivity (Wildman–Crippen MR) is 196 cm³/mol. The zero-order valence-electron chi connectivity index (χ0n) is 25.9. The van der Waals surface area contributed by atoms with E-state index in [1.165, 1.54) is 64.7 Å². The summed E-state index contributed by atoms with van der Waals surface area (Å²) in [6, 6.07) is 35.6. The molecule has 4 heteroatoms. The van der Waals surface area contributed by atoms with Crippen LogP contribution in [0.15, 0.2) is 133 Å². The third-order valence-electron chi connectivity index (χ3n) is 9.83. The molecule has 1 aliphatic carbocycles. The molecule has 0 unspecified atom stereocenters. The Kier molecular flexibility index (Phi) is 6.16. The Labute approximate surface area is 273 Å². The van der Waals surface area contributed by atoms with Crippen molar-refractivity contribution >= 4 is 43.5 Å². The minimum atomic E-state index is -0.0924. The van der Waals surface area contributed by atoms with Crippen molar-refractivity contribution < 1.29 is 0 Å². The molecule has 0 saturated heterocycles. The van der Waals surface area contributed by atoms with Crippen molar-refractivity contribution in [3.05, 3.63) is 150 Å². The average Bonchev–Trinajstić information content (AvgIpc) is 3.48. The molecule has 2 aromatic heterocycles. The number of pyridine rings is 1. The third kappa shape index (κ3) is 4.07. The number of fused-ring (bicyclic) bond motifs is 7. The predicted octanol–water partition coefficient (Wildman–Crippen LogP) is 10.1. The molecule has 4 aromatic carbocycles. The molecule has 2 aliphatic heterocycles. The zero-order valence-corrected chi connectivity index (χ0v) is 26.7. The topological polar surface area (TPSA) is 37.0 Å². The van der Waals surface area contributed by atoms with E-state index in [-0.39, 0.29) is 5.41 Å². The zero-order chi connectivity index (χ0) is 30.8. The fourth-order valence-corrected chi connectivity index (χ4v) is 9.02. The first-order chi connectivity index (χ1) is 22.6. The maximum atomic E-state index is 5.11. The summed E-state index contributed by atoms with van der Waals surface area (Å²) in [4.78, 5) is 6.49. The van der Waals surface area contributed by atoms with E-state index in [4.69, 9.17) is 4.98 Å². The van der Waals surface area contributed by atoms with Gasteiger partial charge in [-0.3, -0.25) is 0 Å². The van der Waals surface area contributed by atoms with Crippen molar-refractivity contribution in [2.24, 2.45) is 0 Å². The molecule has 0 spiro atoms. The summed E-state index contributed by atoms with van der Waals surface area (Å²) in [6.07, 6.45) is 10.7. The third-order valence-corrected chi connectivity index (χ3v) is 11.1. The van der Waals surface area contributed by atoms with E-state index < -0.39 is 0 Å². The Bertz CT molecular complexity index is 2350. The van der Waals surface area contributed by atoms with E-state index in [9.17, 15) is 0 Å². The van der Waals surface area contributed by atoms with Gasteiger partial charge in [0.25, 0.3) is 0 Å². The normalized spacial score (nSPS) is 16.3. The van der Waals surface area contributed by atoms with E-state index in [1.807, 2.05) is 11.3 Å². The first kappa shape index (κ1) is 27.1. The fourth-order valence-electron chi connectivity index (χ4n) is 7.63. The molecule has 0 fully saturated rings. The van der Waals surface area contributed by atoms with Gasteiger partial charge >= 0.3 is 0 Å². The second-order valence-electron chi connectivity index (χ2n) is 12.8. The van der Waals surface area contributed by atoms with Crippen LogP contribution < -0.4 is 10.6 Å². The van der Waals surface area contributed by atoms with Crippen LogP contribution in [0, 0.1) is 0 Å². The van der Waals surface area contributed by atoms with Gasteiger partial charge in [-0.05, 0) is 69.1 Å². The lowest BCUT2D eigenvalue weighted by atomic mass is 9.74.